The summed E-state index contributed by atoms with van der Waals surface area (Å²) in [5.74, 6) is 1.40. The zero-order valence-electron chi connectivity index (χ0n) is 20.5. The van der Waals surface area contributed by atoms with Crippen LogP contribution >= 0.6 is 0 Å². The van der Waals surface area contributed by atoms with Gasteiger partial charge in [0.25, 0.3) is 0 Å². The number of ether oxygens (including phenoxy) is 1. The van der Waals surface area contributed by atoms with E-state index in [1.807, 2.05) is 59.3 Å². The van der Waals surface area contributed by atoms with Crippen LogP contribution in [0.25, 0.3) is 0 Å². The predicted molar refractivity (Wildman–Crippen MR) is 134 cm³/mol. The van der Waals surface area contributed by atoms with Crippen LogP contribution in [-0.4, -0.2) is 72.9 Å². The molecule has 2 fully saturated rings. The molecular weight excluding hydrogens is 426 g/mol. The van der Waals surface area contributed by atoms with Crippen LogP contribution in [0.15, 0.2) is 54.6 Å². The normalized spacial score (nSPS) is 18.0. The van der Waals surface area contributed by atoms with Crippen LogP contribution in [-0.2, 0) is 22.6 Å². The highest BCUT2D eigenvalue weighted by molar-refractivity contribution is 5.79. The second-order valence-corrected chi connectivity index (χ2v) is 9.63. The fourth-order valence-electron chi connectivity index (χ4n) is 5.27. The fraction of sp³-hybridized carbons (Fsp3) is 0.500. The van der Waals surface area contributed by atoms with Crippen molar-refractivity contribution in [1.82, 2.24) is 14.7 Å². The molecule has 2 saturated heterocycles. The summed E-state index contributed by atoms with van der Waals surface area (Å²) >= 11 is 0. The highest BCUT2D eigenvalue weighted by Crippen LogP contribution is 2.26. The van der Waals surface area contributed by atoms with Gasteiger partial charge in [-0.25, -0.2) is 0 Å². The minimum Gasteiger partial charge on any atom is -0.497 e. The Kier molecular flexibility index (Phi) is 8.22. The summed E-state index contributed by atoms with van der Waals surface area (Å²) in [6.45, 7) is 4.25. The van der Waals surface area contributed by atoms with Gasteiger partial charge in [-0.3, -0.25) is 9.59 Å². The molecule has 2 aliphatic rings. The smallest absolute Gasteiger partial charge is 0.226 e. The van der Waals surface area contributed by atoms with Crippen molar-refractivity contribution in [1.29, 1.82) is 0 Å². The molecule has 2 amide bonds. The van der Waals surface area contributed by atoms with Crippen LogP contribution < -0.4 is 4.74 Å². The zero-order valence-corrected chi connectivity index (χ0v) is 20.5. The molecule has 0 saturated carbocycles. The lowest BCUT2D eigenvalue weighted by atomic mass is 9.92. The first kappa shape index (κ1) is 24.3. The molecule has 0 unspecified atom stereocenters. The number of nitrogens with zero attached hydrogens (tertiary/aromatic N) is 3. The second kappa shape index (κ2) is 11.5. The Morgan fingerprint density at radius 1 is 0.882 bits per heavy atom. The Bertz CT molecular complexity index is 931. The highest BCUT2D eigenvalue weighted by Gasteiger charge is 2.32. The van der Waals surface area contributed by atoms with Crippen molar-refractivity contribution in [3.63, 3.8) is 0 Å². The van der Waals surface area contributed by atoms with Gasteiger partial charge in [-0.1, -0.05) is 42.5 Å². The number of hydrogen-bond acceptors (Lipinski definition) is 4. The summed E-state index contributed by atoms with van der Waals surface area (Å²) in [7, 11) is 3.57. The third kappa shape index (κ3) is 6.17. The molecule has 0 aliphatic carbocycles. The van der Waals surface area contributed by atoms with Crippen LogP contribution in [0.4, 0.5) is 0 Å². The van der Waals surface area contributed by atoms with Gasteiger partial charge >= 0.3 is 0 Å². The fourth-order valence-corrected chi connectivity index (χ4v) is 5.27. The van der Waals surface area contributed by atoms with Crippen LogP contribution in [0.2, 0.25) is 0 Å². The number of rotatable bonds is 7. The first-order chi connectivity index (χ1) is 16.5. The summed E-state index contributed by atoms with van der Waals surface area (Å²) < 4.78 is 5.19. The molecule has 2 aromatic rings. The Morgan fingerprint density at radius 2 is 1.53 bits per heavy atom. The number of carbonyl (C=O) groups is 2. The SMILES string of the molecule is COc1ccc(CC(=O)N2CCC(N3CCC(C(=O)N(C)Cc4ccccc4)CC3)CC2)cc1. The topological polar surface area (TPSA) is 53.1 Å². The minimum absolute atomic E-state index is 0.121. The molecule has 2 aromatic carbocycles. The van der Waals surface area contributed by atoms with Crippen molar-refractivity contribution in [2.24, 2.45) is 5.92 Å². The van der Waals surface area contributed by atoms with E-state index in [0.29, 0.717) is 19.0 Å². The molecule has 4 rings (SSSR count). The third-order valence-corrected chi connectivity index (χ3v) is 7.37. The average molecular weight is 464 g/mol. The molecule has 0 spiro atoms. The molecule has 0 atom stereocenters. The Hall–Kier alpha value is -2.86. The maximum absolute atomic E-state index is 12.9. The maximum atomic E-state index is 12.9. The highest BCUT2D eigenvalue weighted by atomic mass is 16.5. The van der Waals surface area contributed by atoms with E-state index in [9.17, 15) is 9.59 Å². The zero-order chi connectivity index (χ0) is 23.9. The number of amides is 2. The quantitative estimate of drug-likeness (QED) is 0.630. The van der Waals surface area contributed by atoms with Crippen molar-refractivity contribution in [3.8, 4) is 5.75 Å². The molecule has 2 aliphatic heterocycles. The molecule has 0 bridgehead atoms. The number of piperidine rings is 2. The van der Waals surface area contributed by atoms with E-state index in [4.69, 9.17) is 4.74 Å². The Balaban J connectivity index is 1.19. The summed E-state index contributed by atoms with van der Waals surface area (Å²) in [5.41, 5.74) is 2.20. The molecule has 0 N–H and O–H groups in total. The average Bonchev–Trinajstić information content (AvgIpc) is 2.89. The van der Waals surface area contributed by atoms with E-state index in [1.165, 1.54) is 5.56 Å². The van der Waals surface area contributed by atoms with Gasteiger partial charge in [0.1, 0.15) is 5.75 Å². The summed E-state index contributed by atoms with van der Waals surface area (Å²) in [6, 6.07) is 18.4. The minimum atomic E-state index is 0.121. The van der Waals surface area contributed by atoms with Gasteiger partial charge in [0, 0.05) is 38.6 Å². The van der Waals surface area contributed by atoms with Gasteiger partial charge in [0.15, 0.2) is 0 Å². The van der Waals surface area contributed by atoms with E-state index in [0.717, 1.165) is 63.2 Å². The van der Waals surface area contributed by atoms with Gasteiger partial charge in [0.05, 0.1) is 13.5 Å². The van der Waals surface area contributed by atoms with E-state index in [2.05, 4.69) is 17.0 Å². The maximum Gasteiger partial charge on any atom is 0.226 e. The van der Waals surface area contributed by atoms with Crippen molar-refractivity contribution in [2.75, 3.05) is 40.3 Å². The number of methoxy groups -OCH3 is 1. The molecule has 6 nitrogen and oxygen atoms in total. The second-order valence-electron chi connectivity index (χ2n) is 9.63. The molecule has 2 heterocycles. The van der Waals surface area contributed by atoms with Gasteiger partial charge in [-0.05, 0) is 62.0 Å². The monoisotopic (exact) mass is 463 g/mol. The van der Waals surface area contributed by atoms with Crippen molar-refractivity contribution < 1.29 is 14.3 Å². The van der Waals surface area contributed by atoms with Gasteiger partial charge < -0.3 is 19.4 Å². The summed E-state index contributed by atoms with van der Waals surface area (Å²) in [4.78, 5) is 32.1. The third-order valence-electron chi connectivity index (χ3n) is 7.37. The predicted octanol–water partition coefficient (Wildman–Crippen LogP) is 3.60. The van der Waals surface area contributed by atoms with Crippen molar-refractivity contribution in [2.45, 2.75) is 44.7 Å². The van der Waals surface area contributed by atoms with Crippen molar-refractivity contribution >= 4 is 11.8 Å². The largest absolute Gasteiger partial charge is 0.497 e. The van der Waals surface area contributed by atoms with Crippen LogP contribution in [0.3, 0.4) is 0 Å². The molecule has 0 radical (unpaired) electrons. The first-order valence-corrected chi connectivity index (χ1v) is 12.5. The molecule has 6 heteroatoms. The van der Waals surface area contributed by atoms with E-state index in [1.54, 1.807) is 7.11 Å². The lowest BCUT2D eigenvalue weighted by Gasteiger charge is -2.42. The lowest BCUT2D eigenvalue weighted by Crippen LogP contribution is -2.50. The Morgan fingerprint density at radius 3 is 2.15 bits per heavy atom. The number of likely N-dealkylation sites (tertiary alicyclic amines) is 2. The number of hydrogen-bond donors (Lipinski definition) is 0. The van der Waals surface area contributed by atoms with E-state index >= 15 is 0 Å². The molecular formula is C28H37N3O3. The molecule has 182 valence electrons. The van der Waals surface area contributed by atoms with Gasteiger partial charge in [0.2, 0.25) is 11.8 Å². The molecule has 34 heavy (non-hydrogen) atoms. The summed E-state index contributed by atoms with van der Waals surface area (Å²) in [6.07, 6.45) is 4.32. The Labute approximate surface area is 203 Å². The van der Waals surface area contributed by atoms with E-state index in [-0.39, 0.29) is 17.7 Å². The molecule has 0 aromatic heterocycles. The van der Waals surface area contributed by atoms with Crippen LogP contribution in [0.5, 0.6) is 5.75 Å². The summed E-state index contributed by atoms with van der Waals surface area (Å²) in [5, 5.41) is 0. The van der Waals surface area contributed by atoms with Gasteiger partial charge in [-0.2, -0.15) is 0 Å². The standard InChI is InChI=1S/C28H37N3O3/c1-29(21-23-6-4-3-5-7-23)28(33)24-12-16-30(17-13-24)25-14-18-31(19-15-25)27(32)20-22-8-10-26(34-2)11-9-22/h3-11,24-25H,12-21H2,1-2H3. The first-order valence-electron chi connectivity index (χ1n) is 12.5. The lowest BCUT2D eigenvalue weighted by molar-refractivity contribution is -0.137. The number of benzene rings is 2. The van der Waals surface area contributed by atoms with Gasteiger partial charge in [-0.15, -0.1) is 0 Å². The van der Waals surface area contributed by atoms with E-state index < -0.39 is 0 Å². The number of carbonyl (C=O) groups excluding carboxylic acids is 2. The van der Waals surface area contributed by atoms with Crippen LogP contribution in [0.1, 0.15) is 36.8 Å². The van der Waals surface area contributed by atoms with Crippen molar-refractivity contribution in [3.05, 3.63) is 65.7 Å². The van der Waals surface area contributed by atoms with Crippen LogP contribution in [0, 0.1) is 5.92 Å².